The van der Waals surface area contributed by atoms with Crippen LogP contribution in [0.5, 0.6) is 11.5 Å². The first-order valence-electron chi connectivity index (χ1n) is 5.94. The molecule has 0 radical (unpaired) electrons. The minimum atomic E-state index is 0.628. The molecule has 100 valence electrons. The number of methoxy groups -OCH3 is 2. The van der Waals surface area contributed by atoms with E-state index in [1.54, 1.807) is 14.2 Å². The van der Waals surface area contributed by atoms with Gasteiger partial charge in [0.25, 0.3) is 0 Å². The van der Waals surface area contributed by atoms with Crippen LogP contribution in [0.3, 0.4) is 0 Å². The zero-order chi connectivity index (χ0) is 13.7. The van der Waals surface area contributed by atoms with Crippen LogP contribution in [0.2, 0.25) is 5.02 Å². The Morgan fingerprint density at radius 3 is 2.53 bits per heavy atom. The van der Waals surface area contributed by atoms with E-state index in [2.05, 4.69) is 5.32 Å². The topological polar surface area (TPSA) is 30.5 Å². The third kappa shape index (κ3) is 3.32. The fraction of sp³-hybridized carbons (Fsp3) is 0.200. The Morgan fingerprint density at radius 1 is 1.05 bits per heavy atom. The number of ether oxygens (including phenoxy) is 2. The van der Waals surface area contributed by atoms with Crippen LogP contribution >= 0.6 is 11.6 Å². The molecular weight excluding hydrogens is 262 g/mol. The molecule has 0 saturated heterocycles. The molecule has 2 rings (SSSR count). The molecule has 0 atom stereocenters. The lowest BCUT2D eigenvalue weighted by molar-refractivity contribution is 0.404. The Hall–Kier alpha value is -1.87. The van der Waals surface area contributed by atoms with Gasteiger partial charge in [0.2, 0.25) is 0 Å². The van der Waals surface area contributed by atoms with Crippen LogP contribution in [-0.2, 0) is 6.54 Å². The quantitative estimate of drug-likeness (QED) is 0.897. The first-order chi connectivity index (χ1) is 9.24. The van der Waals surface area contributed by atoms with E-state index in [-0.39, 0.29) is 0 Å². The summed E-state index contributed by atoms with van der Waals surface area (Å²) in [4.78, 5) is 0. The highest BCUT2D eigenvalue weighted by Crippen LogP contribution is 2.29. The maximum Gasteiger partial charge on any atom is 0.142 e. The summed E-state index contributed by atoms with van der Waals surface area (Å²) < 4.78 is 10.5. The molecule has 0 aromatic heterocycles. The van der Waals surface area contributed by atoms with Gasteiger partial charge < -0.3 is 14.8 Å². The molecule has 0 heterocycles. The van der Waals surface area contributed by atoms with Crippen LogP contribution in [0.1, 0.15) is 5.56 Å². The van der Waals surface area contributed by atoms with Crippen molar-refractivity contribution < 1.29 is 9.47 Å². The van der Waals surface area contributed by atoms with E-state index in [0.717, 1.165) is 27.8 Å². The number of benzene rings is 2. The molecule has 0 aliphatic carbocycles. The van der Waals surface area contributed by atoms with Crippen molar-refractivity contribution in [3.8, 4) is 11.5 Å². The molecule has 0 amide bonds. The second-order valence-electron chi connectivity index (χ2n) is 4.01. The van der Waals surface area contributed by atoms with Crippen molar-refractivity contribution >= 4 is 17.3 Å². The van der Waals surface area contributed by atoms with E-state index in [1.807, 2.05) is 42.5 Å². The summed E-state index contributed by atoms with van der Waals surface area (Å²) in [6.07, 6.45) is 0. The predicted octanol–water partition coefficient (Wildman–Crippen LogP) is 3.97. The van der Waals surface area contributed by atoms with Crippen molar-refractivity contribution in [2.24, 2.45) is 0 Å². The summed E-state index contributed by atoms with van der Waals surface area (Å²) in [5, 5.41) is 4.05. The Bertz CT molecular complexity index is 558. The molecule has 3 nitrogen and oxygen atoms in total. The highest BCUT2D eigenvalue weighted by molar-refractivity contribution is 6.31. The maximum absolute atomic E-state index is 6.13. The van der Waals surface area contributed by atoms with Crippen molar-refractivity contribution in [1.29, 1.82) is 0 Å². The van der Waals surface area contributed by atoms with Gasteiger partial charge >= 0.3 is 0 Å². The van der Waals surface area contributed by atoms with E-state index >= 15 is 0 Å². The largest absolute Gasteiger partial charge is 0.497 e. The molecule has 0 spiro atoms. The molecule has 0 unspecified atom stereocenters. The lowest BCUT2D eigenvalue weighted by Gasteiger charge is -2.13. The highest BCUT2D eigenvalue weighted by atomic mass is 35.5. The molecular formula is C15H16ClNO2. The second kappa shape index (κ2) is 6.34. The highest BCUT2D eigenvalue weighted by Gasteiger charge is 2.05. The van der Waals surface area contributed by atoms with Gasteiger partial charge in [0.05, 0.1) is 19.9 Å². The van der Waals surface area contributed by atoms with Gasteiger partial charge in [-0.15, -0.1) is 0 Å². The van der Waals surface area contributed by atoms with E-state index < -0.39 is 0 Å². The average molecular weight is 278 g/mol. The van der Waals surface area contributed by atoms with Crippen molar-refractivity contribution in [2.45, 2.75) is 6.54 Å². The third-order valence-electron chi connectivity index (χ3n) is 2.83. The molecule has 1 N–H and O–H groups in total. The zero-order valence-corrected chi connectivity index (χ0v) is 11.7. The van der Waals surface area contributed by atoms with Crippen LogP contribution < -0.4 is 14.8 Å². The molecule has 0 fully saturated rings. The Balaban J connectivity index is 2.16. The number of halogens is 1. The summed E-state index contributed by atoms with van der Waals surface area (Å²) in [6, 6.07) is 13.4. The SMILES string of the molecule is COc1ccc(OC)c(NCc2ccccc2Cl)c1. The standard InChI is InChI=1S/C15H16ClNO2/c1-18-12-7-8-15(19-2)14(9-12)17-10-11-5-3-4-6-13(11)16/h3-9,17H,10H2,1-2H3. The van der Waals surface area contributed by atoms with Crippen molar-refractivity contribution in [3.63, 3.8) is 0 Å². The molecule has 2 aromatic carbocycles. The van der Waals surface area contributed by atoms with Crippen molar-refractivity contribution in [1.82, 2.24) is 0 Å². The normalized spacial score (nSPS) is 10.1. The van der Waals surface area contributed by atoms with Crippen molar-refractivity contribution in [3.05, 3.63) is 53.1 Å². The molecule has 0 saturated carbocycles. The predicted molar refractivity (Wildman–Crippen MR) is 78.3 cm³/mol. The van der Waals surface area contributed by atoms with Gasteiger partial charge in [0, 0.05) is 17.6 Å². The van der Waals surface area contributed by atoms with Crippen LogP contribution in [0.25, 0.3) is 0 Å². The van der Waals surface area contributed by atoms with E-state index in [1.165, 1.54) is 0 Å². The molecule has 2 aromatic rings. The third-order valence-corrected chi connectivity index (χ3v) is 3.20. The summed E-state index contributed by atoms with van der Waals surface area (Å²) in [5.41, 5.74) is 1.91. The molecule has 0 aliphatic heterocycles. The van der Waals surface area contributed by atoms with Crippen molar-refractivity contribution in [2.75, 3.05) is 19.5 Å². The molecule has 19 heavy (non-hydrogen) atoms. The van der Waals surface area contributed by atoms with Crippen LogP contribution in [0.4, 0.5) is 5.69 Å². The minimum absolute atomic E-state index is 0.628. The minimum Gasteiger partial charge on any atom is -0.497 e. The fourth-order valence-electron chi connectivity index (χ4n) is 1.78. The first kappa shape index (κ1) is 13.6. The van der Waals surface area contributed by atoms with Gasteiger partial charge in [-0.2, -0.15) is 0 Å². The summed E-state index contributed by atoms with van der Waals surface area (Å²) in [6.45, 7) is 0.628. The summed E-state index contributed by atoms with van der Waals surface area (Å²) in [5.74, 6) is 1.55. The average Bonchev–Trinajstić information content (AvgIpc) is 2.46. The number of nitrogens with one attached hydrogen (secondary N) is 1. The van der Waals surface area contributed by atoms with Gasteiger partial charge in [0.1, 0.15) is 11.5 Å². The lowest BCUT2D eigenvalue weighted by atomic mass is 10.2. The second-order valence-corrected chi connectivity index (χ2v) is 4.42. The van der Waals surface area contributed by atoms with Crippen LogP contribution in [-0.4, -0.2) is 14.2 Å². The fourth-order valence-corrected chi connectivity index (χ4v) is 1.99. The monoisotopic (exact) mass is 277 g/mol. The Morgan fingerprint density at radius 2 is 1.84 bits per heavy atom. The van der Waals surface area contributed by atoms with Crippen LogP contribution in [0.15, 0.2) is 42.5 Å². The smallest absolute Gasteiger partial charge is 0.142 e. The van der Waals surface area contributed by atoms with Gasteiger partial charge in [-0.05, 0) is 23.8 Å². The van der Waals surface area contributed by atoms with Gasteiger partial charge in [-0.25, -0.2) is 0 Å². The number of hydrogen-bond acceptors (Lipinski definition) is 3. The molecule has 0 aliphatic rings. The Kier molecular flexibility index (Phi) is 4.53. The Labute approximate surface area is 118 Å². The number of anilines is 1. The van der Waals surface area contributed by atoms with Gasteiger partial charge in [-0.1, -0.05) is 29.8 Å². The van der Waals surface area contributed by atoms with E-state index in [0.29, 0.717) is 6.54 Å². The van der Waals surface area contributed by atoms with E-state index in [4.69, 9.17) is 21.1 Å². The molecule has 4 heteroatoms. The number of rotatable bonds is 5. The molecule has 0 bridgehead atoms. The summed E-state index contributed by atoms with van der Waals surface area (Å²) in [7, 11) is 3.28. The maximum atomic E-state index is 6.13. The van der Waals surface area contributed by atoms with Gasteiger partial charge in [0.15, 0.2) is 0 Å². The van der Waals surface area contributed by atoms with E-state index in [9.17, 15) is 0 Å². The van der Waals surface area contributed by atoms with Crippen LogP contribution in [0, 0.1) is 0 Å². The zero-order valence-electron chi connectivity index (χ0n) is 10.9. The lowest BCUT2D eigenvalue weighted by Crippen LogP contribution is -2.02. The first-order valence-corrected chi connectivity index (χ1v) is 6.31. The summed E-state index contributed by atoms with van der Waals surface area (Å²) >= 11 is 6.13. The van der Waals surface area contributed by atoms with Gasteiger partial charge in [-0.3, -0.25) is 0 Å². The number of hydrogen-bond donors (Lipinski definition) is 1.